The summed E-state index contributed by atoms with van der Waals surface area (Å²) in [6, 6.07) is 5.43. The number of non-ortho nitro benzene ring substituents is 1. The van der Waals surface area contributed by atoms with E-state index in [0.29, 0.717) is 5.56 Å². The van der Waals surface area contributed by atoms with Crippen LogP contribution in [0, 0.1) is 22.0 Å². The molecule has 0 aliphatic carbocycles. The first kappa shape index (κ1) is 15.1. The maximum absolute atomic E-state index is 12.0. The van der Waals surface area contributed by atoms with Crippen LogP contribution < -0.4 is 0 Å². The van der Waals surface area contributed by atoms with Crippen molar-refractivity contribution < 1.29 is 14.5 Å². The summed E-state index contributed by atoms with van der Waals surface area (Å²) in [6.45, 7) is 7.98. The number of benzene rings is 1. The van der Waals surface area contributed by atoms with Gasteiger partial charge in [-0.25, -0.2) is 4.79 Å². The number of hydrogen-bond donors (Lipinski definition) is 0. The fourth-order valence-corrected chi connectivity index (χ4v) is 1.95. The Balaban J connectivity index is 2.80. The Hall–Kier alpha value is -1.91. The third-order valence-corrected chi connectivity index (χ3v) is 2.87. The third kappa shape index (κ3) is 4.05. The van der Waals surface area contributed by atoms with Gasteiger partial charge in [0.05, 0.1) is 10.5 Å². The highest BCUT2D eigenvalue weighted by atomic mass is 16.6. The molecule has 1 rings (SSSR count). The van der Waals surface area contributed by atoms with Crippen LogP contribution in [0.2, 0.25) is 0 Å². The predicted molar refractivity (Wildman–Crippen MR) is 72.0 cm³/mol. The summed E-state index contributed by atoms with van der Waals surface area (Å²) in [5.74, 6) is 0.00583. The molecule has 0 aliphatic rings. The standard InChI is InChI=1S/C14H19NO4/c1-9(2)13(10(3)4)19-14(16)11-5-7-12(8-6-11)15(17)18/h5-10,13H,1-4H3. The average molecular weight is 265 g/mol. The smallest absolute Gasteiger partial charge is 0.338 e. The zero-order valence-corrected chi connectivity index (χ0v) is 11.6. The third-order valence-electron chi connectivity index (χ3n) is 2.87. The van der Waals surface area contributed by atoms with E-state index in [1.807, 2.05) is 27.7 Å². The molecule has 0 aliphatic heterocycles. The minimum absolute atomic E-state index is 0.0409. The fraction of sp³-hybridized carbons (Fsp3) is 0.500. The van der Waals surface area contributed by atoms with Gasteiger partial charge < -0.3 is 4.74 Å². The minimum atomic E-state index is -0.500. The van der Waals surface area contributed by atoms with E-state index in [1.165, 1.54) is 24.3 Å². The summed E-state index contributed by atoms with van der Waals surface area (Å²) in [4.78, 5) is 22.0. The highest BCUT2D eigenvalue weighted by Gasteiger charge is 2.22. The second kappa shape index (κ2) is 6.31. The van der Waals surface area contributed by atoms with Crippen molar-refractivity contribution in [3.63, 3.8) is 0 Å². The maximum atomic E-state index is 12.0. The zero-order chi connectivity index (χ0) is 14.6. The van der Waals surface area contributed by atoms with Gasteiger partial charge in [0, 0.05) is 12.1 Å². The molecule has 0 aromatic heterocycles. The summed E-state index contributed by atoms with van der Waals surface area (Å²) in [5, 5.41) is 10.5. The van der Waals surface area contributed by atoms with E-state index in [0.717, 1.165) is 0 Å². The van der Waals surface area contributed by atoms with Crippen LogP contribution in [0.4, 0.5) is 5.69 Å². The van der Waals surface area contributed by atoms with E-state index in [1.54, 1.807) is 0 Å². The number of nitrogens with zero attached hydrogens (tertiary/aromatic N) is 1. The van der Waals surface area contributed by atoms with Crippen molar-refractivity contribution in [1.82, 2.24) is 0 Å². The monoisotopic (exact) mass is 265 g/mol. The van der Waals surface area contributed by atoms with Gasteiger partial charge in [-0.1, -0.05) is 27.7 Å². The van der Waals surface area contributed by atoms with Crippen molar-refractivity contribution in [2.24, 2.45) is 11.8 Å². The van der Waals surface area contributed by atoms with Gasteiger partial charge in [0.25, 0.3) is 5.69 Å². The summed E-state index contributed by atoms with van der Waals surface area (Å²) < 4.78 is 5.45. The lowest BCUT2D eigenvalue weighted by molar-refractivity contribution is -0.384. The molecule has 0 unspecified atom stereocenters. The molecular formula is C14H19NO4. The lowest BCUT2D eigenvalue weighted by Crippen LogP contribution is -2.28. The Morgan fingerprint density at radius 2 is 1.58 bits per heavy atom. The van der Waals surface area contributed by atoms with Crippen molar-refractivity contribution in [3.8, 4) is 0 Å². The van der Waals surface area contributed by atoms with Crippen LogP contribution in [0.5, 0.6) is 0 Å². The largest absolute Gasteiger partial charge is 0.458 e. The van der Waals surface area contributed by atoms with Crippen molar-refractivity contribution in [2.75, 3.05) is 0 Å². The molecule has 1 aromatic carbocycles. The Kier molecular flexibility index (Phi) is 5.03. The van der Waals surface area contributed by atoms with Gasteiger partial charge in [-0.3, -0.25) is 10.1 Å². The Bertz CT molecular complexity index is 443. The average Bonchev–Trinajstić information content (AvgIpc) is 2.34. The van der Waals surface area contributed by atoms with Crippen LogP contribution in [0.15, 0.2) is 24.3 Å². The van der Waals surface area contributed by atoms with Gasteiger partial charge in [-0.15, -0.1) is 0 Å². The fourth-order valence-electron chi connectivity index (χ4n) is 1.95. The number of carbonyl (C=O) groups excluding carboxylic acids is 1. The first-order valence-electron chi connectivity index (χ1n) is 6.28. The number of nitro benzene ring substituents is 1. The first-order chi connectivity index (χ1) is 8.82. The van der Waals surface area contributed by atoms with Gasteiger partial charge in [0.2, 0.25) is 0 Å². The molecule has 19 heavy (non-hydrogen) atoms. The van der Waals surface area contributed by atoms with Crippen LogP contribution in [0.1, 0.15) is 38.1 Å². The van der Waals surface area contributed by atoms with Crippen LogP contribution in [0.3, 0.4) is 0 Å². The zero-order valence-electron chi connectivity index (χ0n) is 11.6. The Morgan fingerprint density at radius 1 is 1.11 bits per heavy atom. The highest BCUT2D eigenvalue weighted by Crippen LogP contribution is 2.19. The minimum Gasteiger partial charge on any atom is -0.458 e. The number of carbonyl (C=O) groups is 1. The van der Waals surface area contributed by atoms with Crippen LogP contribution in [-0.2, 0) is 4.74 Å². The summed E-state index contributed by atoms with van der Waals surface area (Å²) >= 11 is 0. The number of nitro groups is 1. The molecular weight excluding hydrogens is 246 g/mol. The van der Waals surface area contributed by atoms with Crippen molar-refractivity contribution in [2.45, 2.75) is 33.8 Å². The van der Waals surface area contributed by atoms with Gasteiger partial charge in [-0.2, -0.15) is 0 Å². The molecule has 0 amide bonds. The topological polar surface area (TPSA) is 69.4 Å². The summed E-state index contributed by atoms with van der Waals surface area (Å²) in [7, 11) is 0. The number of ether oxygens (including phenoxy) is 1. The Morgan fingerprint density at radius 3 is 1.95 bits per heavy atom. The number of rotatable bonds is 5. The predicted octanol–water partition coefficient (Wildman–Crippen LogP) is 3.43. The van der Waals surface area contributed by atoms with Gasteiger partial charge in [0.1, 0.15) is 6.10 Å². The van der Waals surface area contributed by atoms with E-state index in [9.17, 15) is 14.9 Å². The van der Waals surface area contributed by atoms with E-state index in [-0.39, 0.29) is 23.6 Å². The van der Waals surface area contributed by atoms with E-state index < -0.39 is 10.9 Å². The molecule has 0 radical (unpaired) electrons. The molecule has 0 saturated carbocycles. The lowest BCUT2D eigenvalue weighted by atomic mass is 9.96. The second-order valence-corrected chi connectivity index (χ2v) is 5.16. The normalized spacial score (nSPS) is 11.1. The molecule has 5 nitrogen and oxygen atoms in total. The molecule has 0 bridgehead atoms. The first-order valence-corrected chi connectivity index (χ1v) is 6.28. The molecule has 0 fully saturated rings. The quantitative estimate of drug-likeness (QED) is 0.464. The SMILES string of the molecule is CC(C)C(OC(=O)c1ccc([N+](=O)[O-])cc1)C(C)C. The van der Waals surface area contributed by atoms with Gasteiger partial charge >= 0.3 is 5.97 Å². The highest BCUT2D eigenvalue weighted by molar-refractivity contribution is 5.89. The summed E-state index contributed by atoms with van der Waals surface area (Å²) in [6.07, 6.45) is -0.164. The number of esters is 1. The van der Waals surface area contributed by atoms with Crippen LogP contribution in [0.25, 0.3) is 0 Å². The number of hydrogen-bond acceptors (Lipinski definition) is 4. The van der Waals surface area contributed by atoms with E-state index >= 15 is 0 Å². The van der Waals surface area contributed by atoms with E-state index in [2.05, 4.69) is 0 Å². The molecule has 0 saturated heterocycles. The second-order valence-electron chi connectivity index (χ2n) is 5.16. The van der Waals surface area contributed by atoms with Crippen molar-refractivity contribution in [1.29, 1.82) is 0 Å². The van der Waals surface area contributed by atoms with Crippen LogP contribution >= 0.6 is 0 Å². The Labute approximate surface area is 112 Å². The molecule has 0 spiro atoms. The summed E-state index contributed by atoms with van der Waals surface area (Å²) in [5.41, 5.74) is 0.290. The van der Waals surface area contributed by atoms with E-state index in [4.69, 9.17) is 4.74 Å². The molecule has 0 heterocycles. The molecule has 5 heteroatoms. The van der Waals surface area contributed by atoms with Gasteiger partial charge in [0.15, 0.2) is 0 Å². The molecule has 1 aromatic rings. The molecule has 0 N–H and O–H groups in total. The lowest BCUT2D eigenvalue weighted by Gasteiger charge is -2.24. The van der Waals surface area contributed by atoms with Gasteiger partial charge in [-0.05, 0) is 24.0 Å². The van der Waals surface area contributed by atoms with Crippen molar-refractivity contribution in [3.05, 3.63) is 39.9 Å². The van der Waals surface area contributed by atoms with Crippen LogP contribution in [-0.4, -0.2) is 17.0 Å². The van der Waals surface area contributed by atoms with Crippen molar-refractivity contribution >= 4 is 11.7 Å². The maximum Gasteiger partial charge on any atom is 0.338 e. The molecule has 0 atom stereocenters. The molecule has 104 valence electrons.